The summed E-state index contributed by atoms with van der Waals surface area (Å²) >= 11 is 5.83. The van der Waals surface area contributed by atoms with Gasteiger partial charge in [-0.2, -0.15) is 0 Å². The molecule has 0 aliphatic heterocycles. The van der Waals surface area contributed by atoms with Crippen LogP contribution in [0.1, 0.15) is 21.5 Å². The number of ether oxygens (including phenoxy) is 1. The molecular weight excluding hydrogens is 283 g/mol. The summed E-state index contributed by atoms with van der Waals surface area (Å²) < 4.78 is 19.4. The quantitative estimate of drug-likeness (QED) is 0.925. The molecule has 0 unspecified atom stereocenters. The van der Waals surface area contributed by atoms with Gasteiger partial charge in [0.15, 0.2) is 0 Å². The van der Waals surface area contributed by atoms with Gasteiger partial charge in [-0.1, -0.05) is 23.7 Å². The molecule has 0 saturated carbocycles. The van der Waals surface area contributed by atoms with Crippen LogP contribution in [-0.4, -0.2) is 11.1 Å². The van der Waals surface area contributed by atoms with E-state index in [1.807, 2.05) is 6.92 Å². The molecule has 0 atom stereocenters. The standard InChI is InChI=1S/C15H12ClFO3/c1-9-7-11(16)5-6-13(9)20-8-10-3-2-4-12(14(10)17)15(18)19/h2-7H,8H2,1H3,(H,18,19). The van der Waals surface area contributed by atoms with Crippen LogP contribution in [0, 0.1) is 12.7 Å². The maximum Gasteiger partial charge on any atom is 0.338 e. The van der Waals surface area contributed by atoms with Crippen molar-refractivity contribution in [1.29, 1.82) is 0 Å². The van der Waals surface area contributed by atoms with Crippen molar-refractivity contribution in [3.8, 4) is 5.75 Å². The van der Waals surface area contributed by atoms with E-state index in [-0.39, 0.29) is 17.7 Å². The molecular formula is C15H12ClFO3. The number of carboxylic acids is 1. The molecule has 0 aromatic heterocycles. The Kier molecular flexibility index (Phi) is 4.25. The maximum atomic E-state index is 13.9. The van der Waals surface area contributed by atoms with Crippen LogP contribution in [0.2, 0.25) is 5.02 Å². The molecule has 0 spiro atoms. The van der Waals surface area contributed by atoms with Gasteiger partial charge in [0, 0.05) is 10.6 Å². The average Bonchev–Trinajstić information content (AvgIpc) is 2.39. The van der Waals surface area contributed by atoms with Crippen LogP contribution >= 0.6 is 11.6 Å². The number of carbonyl (C=O) groups is 1. The van der Waals surface area contributed by atoms with Crippen LogP contribution in [-0.2, 0) is 6.61 Å². The van der Waals surface area contributed by atoms with Gasteiger partial charge in [-0.25, -0.2) is 9.18 Å². The zero-order valence-electron chi connectivity index (χ0n) is 10.7. The minimum Gasteiger partial charge on any atom is -0.489 e. The maximum absolute atomic E-state index is 13.9. The molecule has 2 aromatic rings. The molecule has 2 rings (SSSR count). The zero-order chi connectivity index (χ0) is 14.7. The van der Waals surface area contributed by atoms with Crippen molar-refractivity contribution in [1.82, 2.24) is 0 Å². The van der Waals surface area contributed by atoms with Crippen molar-refractivity contribution >= 4 is 17.6 Å². The summed E-state index contributed by atoms with van der Waals surface area (Å²) in [6.45, 7) is 1.78. The topological polar surface area (TPSA) is 46.5 Å². The van der Waals surface area contributed by atoms with E-state index in [4.69, 9.17) is 21.4 Å². The Morgan fingerprint density at radius 1 is 1.35 bits per heavy atom. The molecule has 0 heterocycles. The Bertz CT molecular complexity index is 656. The van der Waals surface area contributed by atoms with Crippen molar-refractivity contribution < 1.29 is 19.0 Å². The fourth-order valence-corrected chi connectivity index (χ4v) is 2.01. The lowest BCUT2D eigenvalue weighted by atomic mass is 10.1. The molecule has 5 heteroatoms. The minimum atomic E-state index is -1.30. The third-order valence-electron chi connectivity index (χ3n) is 2.83. The number of benzene rings is 2. The summed E-state index contributed by atoms with van der Waals surface area (Å²) in [6.07, 6.45) is 0. The molecule has 3 nitrogen and oxygen atoms in total. The molecule has 2 aromatic carbocycles. The molecule has 0 radical (unpaired) electrons. The molecule has 0 saturated heterocycles. The first-order chi connectivity index (χ1) is 9.49. The predicted molar refractivity (Wildman–Crippen MR) is 73.9 cm³/mol. The van der Waals surface area contributed by atoms with Crippen molar-refractivity contribution in [3.05, 3.63) is 63.9 Å². The highest BCUT2D eigenvalue weighted by Crippen LogP contribution is 2.23. The van der Waals surface area contributed by atoms with Crippen molar-refractivity contribution in [3.63, 3.8) is 0 Å². The molecule has 1 N–H and O–H groups in total. The molecule has 20 heavy (non-hydrogen) atoms. The Labute approximate surface area is 120 Å². The fourth-order valence-electron chi connectivity index (χ4n) is 1.79. The van der Waals surface area contributed by atoms with Crippen molar-refractivity contribution in [2.45, 2.75) is 13.5 Å². The van der Waals surface area contributed by atoms with Gasteiger partial charge >= 0.3 is 5.97 Å². The van der Waals surface area contributed by atoms with Gasteiger partial charge in [0.05, 0.1) is 5.56 Å². The number of halogens is 2. The Balaban J connectivity index is 2.19. The van der Waals surface area contributed by atoms with Gasteiger partial charge in [-0.05, 0) is 36.8 Å². The van der Waals surface area contributed by atoms with Crippen molar-refractivity contribution in [2.75, 3.05) is 0 Å². The number of aryl methyl sites for hydroxylation is 1. The highest BCUT2D eigenvalue weighted by molar-refractivity contribution is 6.30. The van der Waals surface area contributed by atoms with E-state index in [9.17, 15) is 9.18 Å². The first-order valence-electron chi connectivity index (χ1n) is 5.88. The molecule has 0 aliphatic rings. The lowest BCUT2D eigenvalue weighted by Gasteiger charge is -2.10. The molecule has 0 fully saturated rings. The lowest BCUT2D eigenvalue weighted by Crippen LogP contribution is -2.06. The first kappa shape index (κ1) is 14.3. The minimum absolute atomic E-state index is 0.0462. The number of aromatic carboxylic acids is 1. The third-order valence-corrected chi connectivity index (χ3v) is 3.06. The summed E-state index contributed by atoms with van der Waals surface area (Å²) in [5, 5.41) is 9.45. The van der Waals surface area contributed by atoms with E-state index in [2.05, 4.69) is 0 Å². The second kappa shape index (κ2) is 5.92. The van der Waals surface area contributed by atoms with Gasteiger partial charge in [0.1, 0.15) is 18.2 Å². The Morgan fingerprint density at radius 2 is 2.10 bits per heavy atom. The normalized spacial score (nSPS) is 10.3. The van der Waals surface area contributed by atoms with Gasteiger partial charge in [-0.3, -0.25) is 0 Å². The summed E-state index contributed by atoms with van der Waals surface area (Å²) in [5.41, 5.74) is 0.658. The second-order valence-electron chi connectivity index (χ2n) is 4.28. The zero-order valence-corrected chi connectivity index (χ0v) is 11.4. The van der Waals surface area contributed by atoms with Crippen LogP contribution in [0.5, 0.6) is 5.75 Å². The number of carboxylic acid groups (broad SMARTS) is 1. The van der Waals surface area contributed by atoms with Gasteiger partial charge in [0.2, 0.25) is 0 Å². The summed E-state index contributed by atoms with van der Waals surface area (Å²) in [7, 11) is 0. The van der Waals surface area contributed by atoms with E-state index < -0.39 is 11.8 Å². The van der Waals surface area contributed by atoms with Crippen LogP contribution in [0.25, 0.3) is 0 Å². The predicted octanol–water partition coefficient (Wildman–Crippen LogP) is 4.06. The summed E-state index contributed by atoms with van der Waals surface area (Å²) in [4.78, 5) is 10.8. The number of hydrogen-bond donors (Lipinski definition) is 1. The Hall–Kier alpha value is -2.07. The highest BCUT2D eigenvalue weighted by atomic mass is 35.5. The van der Waals surface area contributed by atoms with Gasteiger partial charge in [0.25, 0.3) is 0 Å². The average molecular weight is 295 g/mol. The van der Waals surface area contributed by atoms with E-state index in [0.717, 1.165) is 5.56 Å². The third kappa shape index (κ3) is 3.08. The van der Waals surface area contributed by atoms with E-state index in [1.165, 1.54) is 18.2 Å². The fraction of sp³-hybridized carbons (Fsp3) is 0.133. The van der Waals surface area contributed by atoms with Crippen LogP contribution < -0.4 is 4.74 Å². The Morgan fingerprint density at radius 3 is 2.75 bits per heavy atom. The molecule has 0 aliphatic carbocycles. The molecule has 0 bridgehead atoms. The van der Waals surface area contributed by atoms with Crippen molar-refractivity contribution in [2.24, 2.45) is 0 Å². The van der Waals surface area contributed by atoms with Crippen LogP contribution in [0.15, 0.2) is 36.4 Å². The second-order valence-corrected chi connectivity index (χ2v) is 4.72. The lowest BCUT2D eigenvalue weighted by molar-refractivity contribution is 0.0691. The molecule has 0 amide bonds. The monoisotopic (exact) mass is 294 g/mol. The van der Waals surface area contributed by atoms with E-state index >= 15 is 0 Å². The number of rotatable bonds is 4. The summed E-state index contributed by atoms with van der Waals surface area (Å²) in [5.74, 6) is -1.49. The number of hydrogen-bond acceptors (Lipinski definition) is 2. The van der Waals surface area contributed by atoms with Crippen LogP contribution in [0.4, 0.5) is 4.39 Å². The molecule has 104 valence electrons. The summed E-state index contributed by atoms with van der Waals surface area (Å²) in [6, 6.07) is 9.30. The van der Waals surface area contributed by atoms with Gasteiger partial charge < -0.3 is 9.84 Å². The SMILES string of the molecule is Cc1cc(Cl)ccc1OCc1cccc(C(=O)O)c1F. The van der Waals surface area contributed by atoms with E-state index in [0.29, 0.717) is 10.8 Å². The first-order valence-corrected chi connectivity index (χ1v) is 6.26. The largest absolute Gasteiger partial charge is 0.489 e. The van der Waals surface area contributed by atoms with Gasteiger partial charge in [-0.15, -0.1) is 0 Å². The van der Waals surface area contributed by atoms with E-state index in [1.54, 1.807) is 18.2 Å². The van der Waals surface area contributed by atoms with Crippen LogP contribution in [0.3, 0.4) is 0 Å². The smallest absolute Gasteiger partial charge is 0.338 e. The highest BCUT2D eigenvalue weighted by Gasteiger charge is 2.14.